The number of hydrogen-bond acceptors (Lipinski definition) is 4. The van der Waals surface area contributed by atoms with Crippen molar-refractivity contribution in [2.75, 3.05) is 13.2 Å². The van der Waals surface area contributed by atoms with Gasteiger partial charge >= 0.3 is 6.09 Å². The molecule has 2 rings (SSSR count). The summed E-state index contributed by atoms with van der Waals surface area (Å²) in [5, 5.41) is 8.71. The number of benzene rings is 1. The summed E-state index contributed by atoms with van der Waals surface area (Å²) in [5.41, 5.74) is 0.337. The van der Waals surface area contributed by atoms with Crippen LogP contribution in [0.25, 0.3) is 0 Å². The zero-order valence-electron chi connectivity index (χ0n) is 11.9. The molecule has 1 fully saturated rings. The van der Waals surface area contributed by atoms with E-state index in [-0.39, 0.29) is 17.7 Å². The predicted molar refractivity (Wildman–Crippen MR) is 73.4 cm³/mol. The van der Waals surface area contributed by atoms with Gasteiger partial charge in [0.15, 0.2) is 6.10 Å². The normalized spacial score (nSPS) is 18.6. The van der Waals surface area contributed by atoms with Crippen molar-refractivity contribution in [2.24, 2.45) is 0 Å². The average molecular weight is 274 g/mol. The highest BCUT2D eigenvalue weighted by Crippen LogP contribution is 2.22. The summed E-state index contributed by atoms with van der Waals surface area (Å²) in [6.07, 6.45) is -0.566. The number of hydrogen-bond donors (Lipinski definition) is 0. The minimum Gasteiger partial charge on any atom is -0.490 e. The van der Waals surface area contributed by atoms with Crippen LogP contribution in [0.4, 0.5) is 4.79 Å². The molecule has 1 aromatic carbocycles. The van der Waals surface area contributed by atoms with Gasteiger partial charge in [-0.3, -0.25) is 4.90 Å². The van der Waals surface area contributed by atoms with Gasteiger partial charge in [-0.15, -0.1) is 0 Å². The zero-order valence-corrected chi connectivity index (χ0v) is 11.9. The number of carbonyl (C=O) groups excluding carboxylic acids is 1. The molecule has 0 bridgehead atoms. The van der Waals surface area contributed by atoms with E-state index < -0.39 is 0 Å². The van der Waals surface area contributed by atoms with E-state index in [2.05, 4.69) is 0 Å². The number of carbonyl (C=O) groups is 1. The summed E-state index contributed by atoms with van der Waals surface area (Å²) in [5.74, 6) is 0.661. The van der Waals surface area contributed by atoms with Crippen molar-refractivity contribution in [1.82, 2.24) is 4.90 Å². The fourth-order valence-electron chi connectivity index (χ4n) is 1.97. The topological polar surface area (TPSA) is 62.6 Å². The maximum absolute atomic E-state index is 11.7. The zero-order chi connectivity index (χ0) is 14.8. The van der Waals surface area contributed by atoms with Gasteiger partial charge in [0.2, 0.25) is 0 Å². The van der Waals surface area contributed by atoms with E-state index in [1.807, 2.05) is 26.8 Å². The second kappa shape index (κ2) is 5.41. The Morgan fingerprint density at radius 2 is 2.05 bits per heavy atom. The first-order valence-corrected chi connectivity index (χ1v) is 6.51. The molecule has 20 heavy (non-hydrogen) atoms. The van der Waals surface area contributed by atoms with Crippen LogP contribution in [-0.2, 0) is 4.74 Å². The lowest BCUT2D eigenvalue weighted by Gasteiger charge is -2.29. The van der Waals surface area contributed by atoms with Gasteiger partial charge in [0.05, 0.1) is 18.2 Å². The molecule has 5 nitrogen and oxygen atoms in total. The molecule has 1 unspecified atom stereocenters. The SMILES string of the molecule is CC(C)(C)N1CC(COc2ccc(C#N)cc2)OC1=O. The van der Waals surface area contributed by atoms with Crippen LogP contribution >= 0.6 is 0 Å². The Labute approximate surface area is 118 Å². The lowest BCUT2D eigenvalue weighted by molar-refractivity contribution is 0.0993. The molecule has 0 N–H and O–H groups in total. The van der Waals surface area contributed by atoms with Crippen molar-refractivity contribution in [2.45, 2.75) is 32.4 Å². The van der Waals surface area contributed by atoms with Gasteiger partial charge in [0.1, 0.15) is 12.4 Å². The van der Waals surface area contributed by atoms with E-state index in [0.717, 1.165) is 0 Å². The molecule has 1 aromatic rings. The number of ether oxygens (including phenoxy) is 2. The largest absolute Gasteiger partial charge is 0.490 e. The Balaban J connectivity index is 1.89. The number of amides is 1. The van der Waals surface area contributed by atoms with E-state index in [0.29, 0.717) is 24.5 Å². The molecular weight excluding hydrogens is 256 g/mol. The third-order valence-corrected chi connectivity index (χ3v) is 3.10. The summed E-state index contributed by atoms with van der Waals surface area (Å²) in [4.78, 5) is 13.4. The Morgan fingerprint density at radius 1 is 1.40 bits per heavy atom. The van der Waals surface area contributed by atoms with Gasteiger partial charge in [-0.05, 0) is 45.0 Å². The lowest BCUT2D eigenvalue weighted by atomic mass is 10.1. The highest BCUT2D eigenvalue weighted by atomic mass is 16.6. The van der Waals surface area contributed by atoms with E-state index in [1.54, 1.807) is 29.2 Å². The van der Waals surface area contributed by atoms with E-state index in [4.69, 9.17) is 14.7 Å². The second-order valence-electron chi connectivity index (χ2n) is 5.73. The first-order chi connectivity index (χ1) is 9.40. The fourth-order valence-corrected chi connectivity index (χ4v) is 1.97. The summed E-state index contributed by atoms with van der Waals surface area (Å²) in [6.45, 7) is 6.75. The van der Waals surface area contributed by atoms with Crippen LogP contribution in [0, 0.1) is 11.3 Å². The molecule has 1 aliphatic heterocycles. The van der Waals surface area contributed by atoms with E-state index >= 15 is 0 Å². The molecule has 1 heterocycles. The maximum Gasteiger partial charge on any atom is 0.410 e. The van der Waals surface area contributed by atoms with Crippen LogP contribution in [-0.4, -0.2) is 35.8 Å². The first-order valence-electron chi connectivity index (χ1n) is 6.51. The van der Waals surface area contributed by atoms with Crippen molar-refractivity contribution in [3.8, 4) is 11.8 Å². The predicted octanol–water partition coefficient (Wildman–Crippen LogP) is 2.56. The van der Waals surface area contributed by atoms with Gasteiger partial charge in [0.25, 0.3) is 0 Å². The Hall–Kier alpha value is -2.22. The fraction of sp³-hybridized carbons (Fsp3) is 0.467. The molecular formula is C15H18N2O3. The molecule has 1 atom stereocenters. The number of cyclic esters (lactones) is 1. The summed E-state index contributed by atoms with van der Waals surface area (Å²) in [7, 11) is 0. The quantitative estimate of drug-likeness (QED) is 0.849. The van der Waals surface area contributed by atoms with Crippen LogP contribution < -0.4 is 4.74 Å². The molecule has 1 amide bonds. The lowest BCUT2D eigenvalue weighted by Crippen LogP contribution is -2.42. The van der Waals surface area contributed by atoms with Gasteiger partial charge in [-0.2, -0.15) is 5.26 Å². The van der Waals surface area contributed by atoms with E-state index in [9.17, 15) is 4.79 Å². The molecule has 1 saturated heterocycles. The number of rotatable bonds is 3. The van der Waals surface area contributed by atoms with Gasteiger partial charge in [0, 0.05) is 5.54 Å². The highest BCUT2D eigenvalue weighted by molar-refractivity contribution is 5.70. The van der Waals surface area contributed by atoms with Crippen molar-refractivity contribution in [3.63, 3.8) is 0 Å². The minimum atomic E-state index is -0.300. The second-order valence-corrected chi connectivity index (χ2v) is 5.73. The van der Waals surface area contributed by atoms with Crippen LogP contribution in [0.2, 0.25) is 0 Å². The van der Waals surface area contributed by atoms with Crippen LogP contribution in [0.3, 0.4) is 0 Å². The smallest absolute Gasteiger partial charge is 0.410 e. The van der Waals surface area contributed by atoms with Crippen molar-refractivity contribution >= 4 is 6.09 Å². The standard InChI is InChI=1S/C15H18N2O3/c1-15(2,3)17-9-13(20-14(17)18)10-19-12-6-4-11(8-16)5-7-12/h4-7,13H,9-10H2,1-3H3. The van der Waals surface area contributed by atoms with Gasteiger partial charge in [-0.1, -0.05) is 0 Å². The molecule has 0 aromatic heterocycles. The first kappa shape index (κ1) is 14.2. The van der Waals surface area contributed by atoms with Gasteiger partial charge in [-0.25, -0.2) is 4.79 Å². The Kier molecular flexibility index (Phi) is 3.84. The highest BCUT2D eigenvalue weighted by Gasteiger charge is 2.38. The molecule has 0 saturated carbocycles. The van der Waals surface area contributed by atoms with Crippen molar-refractivity contribution < 1.29 is 14.3 Å². The van der Waals surface area contributed by atoms with Crippen molar-refractivity contribution in [1.29, 1.82) is 5.26 Å². The third-order valence-electron chi connectivity index (χ3n) is 3.10. The summed E-state index contributed by atoms with van der Waals surface area (Å²) < 4.78 is 10.9. The van der Waals surface area contributed by atoms with E-state index in [1.165, 1.54) is 0 Å². The Bertz CT molecular complexity index is 526. The molecule has 0 radical (unpaired) electrons. The Morgan fingerprint density at radius 3 is 2.55 bits per heavy atom. The number of nitrogens with zero attached hydrogens (tertiary/aromatic N) is 2. The summed E-state index contributed by atoms with van der Waals surface area (Å²) >= 11 is 0. The average Bonchev–Trinajstić information content (AvgIpc) is 2.78. The van der Waals surface area contributed by atoms with Crippen LogP contribution in [0.1, 0.15) is 26.3 Å². The summed E-state index contributed by atoms with van der Waals surface area (Å²) in [6, 6.07) is 8.90. The molecule has 5 heteroatoms. The van der Waals surface area contributed by atoms with Crippen LogP contribution in [0.15, 0.2) is 24.3 Å². The molecule has 0 aliphatic carbocycles. The van der Waals surface area contributed by atoms with Crippen LogP contribution in [0.5, 0.6) is 5.75 Å². The number of nitriles is 1. The molecule has 106 valence electrons. The third kappa shape index (κ3) is 3.21. The maximum atomic E-state index is 11.7. The molecule has 1 aliphatic rings. The minimum absolute atomic E-state index is 0.250. The van der Waals surface area contributed by atoms with Crippen molar-refractivity contribution in [3.05, 3.63) is 29.8 Å². The monoisotopic (exact) mass is 274 g/mol. The molecule has 0 spiro atoms. The van der Waals surface area contributed by atoms with Gasteiger partial charge < -0.3 is 9.47 Å².